The Morgan fingerprint density at radius 3 is 2.50 bits per heavy atom. The van der Waals surface area contributed by atoms with Crippen molar-refractivity contribution in [3.8, 4) is 0 Å². The summed E-state index contributed by atoms with van der Waals surface area (Å²) in [5.74, 6) is 0.270. The summed E-state index contributed by atoms with van der Waals surface area (Å²) < 4.78 is 28.9. The Kier molecular flexibility index (Phi) is 3.92. The highest BCUT2D eigenvalue weighted by molar-refractivity contribution is 9.10. The molecule has 1 aromatic rings. The molecule has 0 fully saturated rings. The van der Waals surface area contributed by atoms with Gasteiger partial charge in [-0.2, -0.15) is 13.1 Å². The normalized spacial score (nSPS) is 12.5. The van der Waals surface area contributed by atoms with Gasteiger partial charge < -0.3 is 0 Å². The molecule has 0 saturated heterocycles. The minimum Gasteiger partial charge on any atom is -0.255 e. The first-order valence-corrected chi connectivity index (χ1v) is 6.89. The molecule has 0 aliphatic rings. The van der Waals surface area contributed by atoms with Crippen LogP contribution in [0.25, 0.3) is 0 Å². The van der Waals surface area contributed by atoms with E-state index in [2.05, 4.69) is 30.4 Å². The molecule has 5 nitrogen and oxygen atoms in total. The van der Waals surface area contributed by atoms with Gasteiger partial charge in [-0.15, -0.1) is 0 Å². The first-order valence-electron chi connectivity index (χ1n) is 4.61. The number of hydrogen-bond donors (Lipinski definition) is 2. The molecule has 0 amide bonds. The molecule has 1 heterocycles. The molecular weight excluding hydrogens is 294 g/mol. The Labute approximate surface area is 104 Å². The summed E-state index contributed by atoms with van der Waals surface area (Å²) in [6.45, 7) is 5.29. The van der Waals surface area contributed by atoms with Crippen molar-refractivity contribution in [2.75, 3.05) is 4.72 Å². The van der Waals surface area contributed by atoms with Gasteiger partial charge in [0.1, 0.15) is 5.82 Å². The van der Waals surface area contributed by atoms with Gasteiger partial charge >= 0.3 is 10.2 Å². The lowest BCUT2D eigenvalue weighted by molar-refractivity contribution is 0.494. The standard InChI is InChI=1S/C9H14BrN3O2S/c1-9(2,3)13-16(14,15)12-8-6-7(10)4-5-11-8/h4-6,13H,1-3H3,(H,11,12). The van der Waals surface area contributed by atoms with E-state index in [1.807, 2.05) is 0 Å². The van der Waals surface area contributed by atoms with Gasteiger partial charge in [0, 0.05) is 16.2 Å². The molecule has 1 aromatic heterocycles. The van der Waals surface area contributed by atoms with Crippen LogP contribution in [0.4, 0.5) is 5.82 Å². The van der Waals surface area contributed by atoms with Gasteiger partial charge in [-0.05, 0) is 32.9 Å². The fraction of sp³-hybridized carbons (Fsp3) is 0.444. The fourth-order valence-corrected chi connectivity index (χ4v) is 2.61. The quantitative estimate of drug-likeness (QED) is 0.896. The van der Waals surface area contributed by atoms with Crippen LogP contribution >= 0.6 is 15.9 Å². The van der Waals surface area contributed by atoms with E-state index in [1.54, 1.807) is 32.9 Å². The summed E-state index contributed by atoms with van der Waals surface area (Å²) in [6, 6.07) is 3.30. The highest BCUT2D eigenvalue weighted by Crippen LogP contribution is 2.14. The Morgan fingerprint density at radius 2 is 2.00 bits per heavy atom. The largest absolute Gasteiger partial charge is 0.300 e. The molecule has 0 aliphatic heterocycles. The average Bonchev–Trinajstić information content (AvgIpc) is 1.96. The Hall–Kier alpha value is -0.660. The maximum Gasteiger partial charge on any atom is 0.300 e. The second-order valence-electron chi connectivity index (χ2n) is 4.32. The molecular formula is C9H14BrN3O2S. The number of pyridine rings is 1. The van der Waals surface area contributed by atoms with Crippen molar-refractivity contribution >= 4 is 32.0 Å². The van der Waals surface area contributed by atoms with Gasteiger partial charge in [0.25, 0.3) is 0 Å². The van der Waals surface area contributed by atoms with Crippen LogP contribution < -0.4 is 9.44 Å². The zero-order valence-corrected chi connectivity index (χ0v) is 11.7. The first kappa shape index (κ1) is 13.4. The van der Waals surface area contributed by atoms with E-state index in [0.29, 0.717) is 0 Å². The molecule has 0 radical (unpaired) electrons. The highest BCUT2D eigenvalue weighted by atomic mass is 79.9. The number of halogens is 1. The summed E-state index contributed by atoms with van der Waals surface area (Å²) in [4.78, 5) is 3.89. The van der Waals surface area contributed by atoms with E-state index in [0.717, 1.165) is 4.47 Å². The third kappa shape index (κ3) is 4.91. The van der Waals surface area contributed by atoms with Crippen LogP contribution in [0.15, 0.2) is 22.8 Å². The summed E-state index contributed by atoms with van der Waals surface area (Å²) >= 11 is 3.24. The second kappa shape index (κ2) is 4.68. The molecule has 0 saturated carbocycles. The van der Waals surface area contributed by atoms with Crippen molar-refractivity contribution in [1.82, 2.24) is 9.71 Å². The van der Waals surface area contributed by atoms with Crippen molar-refractivity contribution < 1.29 is 8.42 Å². The summed E-state index contributed by atoms with van der Waals surface area (Å²) in [5, 5.41) is 0. The van der Waals surface area contributed by atoms with Crippen molar-refractivity contribution in [2.24, 2.45) is 0 Å². The Bertz CT molecular complexity index is 468. The molecule has 90 valence electrons. The van der Waals surface area contributed by atoms with Gasteiger partial charge in [-0.25, -0.2) is 4.98 Å². The molecule has 2 N–H and O–H groups in total. The van der Waals surface area contributed by atoms with Crippen LogP contribution in [0.2, 0.25) is 0 Å². The van der Waals surface area contributed by atoms with Gasteiger partial charge in [-0.3, -0.25) is 4.72 Å². The van der Waals surface area contributed by atoms with Crippen LogP contribution in [0, 0.1) is 0 Å². The SMILES string of the molecule is CC(C)(C)NS(=O)(=O)Nc1cc(Br)ccn1. The van der Waals surface area contributed by atoms with Gasteiger partial charge in [-0.1, -0.05) is 15.9 Å². The van der Waals surface area contributed by atoms with E-state index in [4.69, 9.17) is 0 Å². The van der Waals surface area contributed by atoms with Gasteiger partial charge in [0.2, 0.25) is 0 Å². The molecule has 0 aliphatic carbocycles. The van der Waals surface area contributed by atoms with Crippen molar-refractivity contribution in [3.63, 3.8) is 0 Å². The van der Waals surface area contributed by atoms with Crippen LogP contribution in [-0.4, -0.2) is 18.9 Å². The molecule has 1 rings (SSSR count). The zero-order chi connectivity index (χ0) is 12.4. The van der Waals surface area contributed by atoms with Crippen molar-refractivity contribution in [1.29, 1.82) is 0 Å². The maximum atomic E-state index is 11.6. The highest BCUT2D eigenvalue weighted by Gasteiger charge is 2.19. The smallest absolute Gasteiger partial charge is 0.255 e. The van der Waals surface area contributed by atoms with Gasteiger partial charge in [0.15, 0.2) is 0 Å². The minimum atomic E-state index is -3.59. The number of nitrogens with one attached hydrogen (secondary N) is 2. The second-order valence-corrected chi connectivity index (χ2v) is 6.65. The lowest BCUT2D eigenvalue weighted by Gasteiger charge is -2.20. The van der Waals surface area contributed by atoms with E-state index >= 15 is 0 Å². The lowest BCUT2D eigenvalue weighted by atomic mass is 10.1. The molecule has 0 bridgehead atoms. The zero-order valence-electron chi connectivity index (χ0n) is 9.28. The topological polar surface area (TPSA) is 71.1 Å². The first-order chi connectivity index (χ1) is 7.18. The van der Waals surface area contributed by atoms with E-state index in [9.17, 15) is 8.42 Å². The monoisotopic (exact) mass is 307 g/mol. The van der Waals surface area contributed by atoms with Gasteiger partial charge in [0.05, 0.1) is 0 Å². The van der Waals surface area contributed by atoms with Crippen LogP contribution in [-0.2, 0) is 10.2 Å². The summed E-state index contributed by atoms with van der Waals surface area (Å²) in [6.07, 6.45) is 1.51. The van der Waals surface area contributed by atoms with Crippen LogP contribution in [0.1, 0.15) is 20.8 Å². The number of nitrogens with zero attached hydrogens (tertiary/aromatic N) is 1. The van der Waals surface area contributed by atoms with E-state index < -0.39 is 15.7 Å². The predicted molar refractivity (Wildman–Crippen MR) is 67.4 cm³/mol. The lowest BCUT2D eigenvalue weighted by Crippen LogP contribution is -2.43. The predicted octanol–water partition coefficient (Wildman–Crippen LogP) is 1.89. The van der Waals surface area contributed by atoms with E-state index in [1.165, 1.54) is 6.20 Å². The third-order valence-corrected chi connectivity index (χ3v) is 3.25. The fourth-order valence-electron chi connectivity index (χ4n) is 1.03. The van der Waals surface area contributed by atoms with Crippen LogP contribution in [0.5, 0.6) is 0 Å². The number of rotatable bonds is 3. The van der Waals surface area contributed by atoms with Crippen molar-refractivity contribution in [3.05, 3.63) is 22.8 Å². The number of anilines is 1. The molecule has 16 heavy (non-hydrogen) atoms. The minimum absolute atomic E-state index is 0.270. The maximum absolute atomic E-state index is 11.6. The van der Waals surface area contributed by atoms with Crippen LogP contribution in [0.3, 0.4) is 0 Å². The molecule has 0 spiro atoms. The number of aromatic nitrogens is 1. The molecule has 7 heteroatoms. The Morgan fingerprint density at radius 1 is 1.38 bits per heavy atom. The Balaban J connectivity index is 2.81. The van der Waals surface area contributed by atoms with E-state index in [-0.39, 0.29) is 5.82 Å². The average molecular weight is 308 g/mol. The number of hydrogen-bond acceptors (Lipinski definition) is 3. The third-order valence-electron chi connectivity index (χ3n) is 1.40. The summed E-state index contributed by atoms with van der Waals surface area (Å²) in [7, 11) is -3.59. The molecule has 0 atom stereocenters. The molecule has 0 aromatic carbocycles. The summed E-state index contributed by atoms with van der Waals surface area (Å²) in [5.41, 5.74) is -0.530. The molecule has 0 unspecified atom stereocenters. The van der Waals surface area contributed by atoms with Crippen molar-refractivity contribution in [2.45, 2.75) is 26.3 Å².